The minimum absolute atomic E-state index is 0. The molecule has 0 aliphatic carbocycles. The highest BCUT2D eigenvalue weighted by Gasteiger charge is 2.33. The molecule has 2 atom stereocenters. The Morgan fingerprint density at radius 2 is 2.20 bits per heavy atom. The first kappa shape index (κ1) is 14.5. The van der Waals surface area contributed by atoms with E-state index >= 15 is 0 Å². The lowest BCUT2D eigenvalue weighted by Gasteiger charge is -2.36. The van der Waals surface area contributed by atoms with Crippen molar-refractivity contribution in [2.45, 2.75) is 25.4 Å². The van der Waals surface area contributed by atoms with Crippen LogP contribution in [0, 0.1) is 0 Å². The molecular formula is C8H16ClF2N3O. The van der Waals surface area contributed by atoms with E-state index in [1.165, 1.54) is 11.8 Å². The summed E-state index contributed by atoms with van der Waals surface area (Å²) in [6, 6.07) is -1.75. The summed E-state index contributed by atoms with van der Waals surface area (Å²) in [5, 5.41) is 2.83. The van der Waals surface area contributed by atoms with E-state index in [0.717, 1.165) is 0 Å². The largest absolute Gasteiger partial charge is 0.330 e. The van der Waals surface area contributed by atoms with Crippen LogP contribution in [0.15, 0.2) is 0 Å². The van der Waals surface area contributed by atoms with Gasteiger partial charge in [0, 0.05) is 19.6 Å². The molecule has 7 heteroatoms. The van der Waals surface area contributed by atoms with Gasteiger partial charge in [-0.05, 0) is 6.92 Å². The number of hydrogen-bond donors (Lipinski definition) is 2. The van der Waals surface area contributed by atoms with Crippen LogP contribution in [0.25, 0.3) is 0 Å². The number of nitrogens with two attached hydrogens (primary N) is 1. The number of nitrogens with one attached hydrogen (secondary N) is 1. The Morgan fingerprint density at radius 3 is 2.67 bits per heavy atom. The van der Waals surface area contributed by atoms with Gasteiger partial charge in [-0.15, -0.1) is 12.4 Å². The molecule has 1 saturated heterocycles. The molecule has 1 unspecified atom stereocenters. The topological polar surface area (TPSA) is 58.4 Å². The van der Waals surface area contributed by atoms with Crippen LogP contribution in [0.2, 0.25) is 0 Å². The minimum atomic E-state index is -2.52. The maximum absolute atomic E-state index is 12.5. The van der Waals surface area contributed by atoms with Crippen molar-refractivity contribution in [2.75, 3.05) is 19.6 Å². The van der Waals surface area contributed by atoms with Crippen LogP contribution in [0.3, 0.4) is 0 Å². The predicted octanol–water partition coefficient (Wildman–Crippen LogP) is -0.179. The molecule has 0 bridgehead atoms. The Kier molecular flexibility index (Phi) is 6.00. The summed E-state index contributed by atoms with van der Waals surface area (Å²) in [6.07, 6.45) is -2.52. The second-order valence-electron chi connectivity index (χ2n) is 3.43. The highest BCUT2D eigenvalue weighted by Crippen LogP contribution is 2.12. The van der Waals surface area contributed by atoms with Gasteiger partial charge in [0.05, 0.1) is 6.04 Å². The first-order chi connectivity index (χ1) is 6.54. The lowest BCUT2D eigenvalue weighted by Crippen LogP contribution is -2.59. The van der Waals surface area contributed by atoms with Gasteiger partial charge >= 0.3 is 0 Å². The summed E-state index contributed by atoms with van der Waals surface area (Å²) in [5.74, 6) is -0.406. The molecule has 3 N–H and O–H groups in total. The first-order valence-electron chi connectivity index (χ1n) is 4.59. The highest BCUT2D eigenvalue weighted by molar-refractivity contribution is 5.85. The van der Waals surface area contributed by atoms with Crippen molar-refractivity contribution in [3.63, 3.8) is 0 Å². The summed E-state index contributed by atoms with van der Waals surface area (Å²) in [4.78, 5) is 12.6. The van der Waals surface area contributed by atoms with E-state index in [1.54, 1.807) is 0 Å². The molecule has 90 valence electrons. The molecule has 1 amide bonds. The molecule has 1 aliphatic heterocycles. The standard InChI is InChI=1S/C8H15F2N3O.ClH/c1-5(11)8(14)13-3-2-12-4-6(13)7(9)10;/h5-7,12H,2-4,11H2,1H3;1H/t5-,6?;/m1./s1. The average Bonchev–Trinajstić information content (AvgIpc) is 2.16. The number of amides is 1. The number of halogens is 3. The summed E-state index contributed by atoms with van der Waals surface area (Å²) < 4.78 is 25.0. The smallest absolute Gasteiger partial charge is 0.259 e. The van der Waals surface area contributed by atoms with E-state index < -0.39 is 24.4 Å². The Balaban J connectivity index is 0.00000196. The summed E-state index contributed by atoms with van der Waals surface area (Å²) >= 11 is 0. The quantitative estimate of drug-likeness (QED) is 0.708. The summed E-state index contributed by atoms with van der Waals surface area (Å²) in [6.45, 7) is 2.49. The fourth-order valence-corrected chi connectivity index (χ4v) is 1.49. The molecule has 1 rings (SSSR count). The molecule has 0 aromatic rings. The van der Waals surface area contributed by atoms with E-state index in [-0.39, 0.29) is 19.0 Å². The monoisotopic (exact) mass is 243 g/mol. The maximum atomic E-state index is 12.5. The Labute approximate surface area is 93.6 Å². The molecule has 0 saturated carbocycles. The number of piperazine rings is 1. The van der Waals surface area contributed by atoms with Crippen LogP contribution >= 0.6 is 12.4 Å². The number of hydrogen-bond acceptors (Lipinski definition) is 3. The zero-order valence-electron chi connectivity index (χ0n) is 8.45. The van der Waals surface area contributed by atoms with E-state index in [1.807, 2.05) is 0 Å². The van der Waals surface area contributed by atoms with Crippen molar-refractivity contribution >= 4 is 18.3 Å². The highest BCUT2D eigenvalue weighted by atomic mass is 35.5. The third kappa shape index (κ3) is 3.55. The minimum Gasteiger partial charge on any atom is -0.330 e. The molecule has 4 nitrogen and oxygen atoms in total. The third-order valence-corrected chi connectivity index (χ3v) is 2.25. The Hall–Kier alpha value is -0.460. The number of rotatable bonds is 2. The predicted molar refractivity (Wildman–Crippen MR) is 55.3 cm³/mol. The molecule has 0 radical (unpaired) electrons. The zero-order chi connectivity index (χ0) is 10.7. The maximum Gasteiger partial charge on any atom is 0.259 e. The van der Waals surface area contributed by atoms with Crippen molar-refractivity contribution in [2.24, 2.45) is 5.73 Å². The van der Waals surface area contributed by atoms with Gasteiger partial charge in [-0.25, -0.2) is 8.78 Å². The van der Waals surface area contributed by atoms with Gasteiger partial charge in [-0.2, -0.15) is 0 Å². The van der Waals surface area contributed by atoms with E-state index in [4.69, 9.17) is 5.73 Å². The lowest BCUT2D eigenvalue weighted by atomic mass is 10.1. The second-order valence-corrected chi connectivity index (χ2v) is 3.43. The van der Waals surface area contributed by atoms with Crippen molar-refractivity contribution in [1.82, 2.24) is 10.2 Å². The van der Waals surface area contributed by atoms with Crippen molar-refractivity contribution in [3.8, 4) is 0 Å². The van der Waals surface area contributed by atoms with Crippen molar-refractivity contribution < 1.29 is 13.6 Å². The first-order valence-corrected chi connectivity index (χ1v) is 4.59. The van der Waals surface area contributed by atoms with Crippen LogP contribution in [-0.4, -0.2) is 49.0 Å². The molecule has 1 fully saturated rings. The van der Waals surface area contributed by atoms with Crippen LogP contribution in [0.4, 0.5) is 8.78 Å². The van der Waals surface area contributed by atoms with E-state index in [2.05, 4.69) is 5.32 Å². The van der Waals surface area contributed by atoms with Crippen molar-refractivity contribution in [3.05, 3.63) is 0 Å². The summed E-state index contributed by atoms with van der Waals surface area (Å²) in [5.41, 5.74) is 5.37. The number of alkyl halides is 2. The SMILES string of the molecule is C[C@@H](N)C(=O)N1CCNCC1C(F)F.Cl. The molecular weight excluding hydrogens is 228 g/mol. The average molecular weight is 244 g/mol. The molecule has 1 heterocycles. The fraction of sp³-hybridized carbons (Fsp3) is 0.875. The van der Waals surface area contributed by atoms with Crippen LogP contribution in [0.1, 0.15) is 6.92 Å². The third-order valence-electron chi connectivity index (χ3n) is 2.25. The van der Waals surface area contributed by atoms with Gasteiger partial charge in [0.2, 0.25) is 5.91 Å². The van der Waals surface area contributed by atoms with E-state index in [0.29, 0.717) is 13.1 Å². The molecule has 0 aromatic heterocycles. The number of nitrogens with zero attached hydrogens (tertiary/aromatic N) is 1. The number of carbonyl (C=O) groups excluding carboxylic acids is 1. The van der Waals surface area contributed by atoms with Crippen LogP contribution in [0.5, 0.6) is 0 Å². The zero-order valence-corrected chi connectivity index (χ0v) is 9.27. The fourth-order valence-electron chi connectivity index (χ4n) is 1.49. The van der Waals surface area contributed by atoms with E-state index in [9.17, 15) is 13.6 Å². The van der Waals surface area contributed by atoms with Gasteiger partial charge in [0.25, 0.3) is 6.43 Å². The van der Waals surface area contributed by atoms with Gasteiger partial charge in [-0.3, -0.25) is 4.79 Å². The van der Waals surface area contributed by atoms with Gasteiger partial charge < -0.3 is 16.0 Å². The number of carbonyl (C=O) groups is 1. The Morgan fingerprint density at radius 1 is 1.60 bits per heavy atom. The van der Waals surface area contributed by atoms with Crippen LogP contribution in [-0.2, 0) is 4.79 Å². The second kappa shape index (κ2) is 6.19. The lowest BCUT2D eigenvalue weighted by molar-refractivity contribution is -0.139. The Bertz CT molecular complexity index is 216. The molecule has 0 aromatic carbocycles. The molecule has 15 heavy (non-hydrogen) atoms. The van der Waals surface area contributed by atoms with Gasteiger partial charge in [-0.1, -0.05) is 0 Å². The van der Waals surface area contributed by atoms with Crippen molar-refractivity contribution in [1.29, 1.82) is 0 Å². The van der Waals surface area contributed by atoms with Crippen LogP contribution < -0.4 is 11.1 Å². The van der Waals surface area contributed by atoms with Gasteiger partial charge in [0.1, 0.15) is 6.04 Å². The molecule has 0 spiro atoms. The van der Waals surface area contributed by atoms with Gasteiger partial charge in [0.15, 0.2) is 0 Å². The summed E-state index contributed by atoms with van der Waals surface area (Å²) in [7, 11) is 0. The molecule has 1 aliphatic rings. The normalized spacial score (nSPS) is 23.5.